The SMILES string of the molecule is COc1ccc(CN2CC(C)NCC23CCCC3)c(F)c1. The molecule has 1 aromatic rings. The summed E-state index contributed by atoms with van der Waals surface area (Å²) in [6.45, 7) is 4.93. The number of piperazine rings is 1. The molecule has 2 aliphatic rings. The summed E-state index contributed by atoms with van der Waals surface area (Å²) in [5.74, 6) is 0.425. The number of hydrogen-bond acceptors (Lipinski definition) is 3. The van der Waals surface area contributed by atoms with Crippen molar-refractivity contribution in [2.45, 2.75) is 50.7 Å². The van der Waals surface area contributed by atoms with E-state index in [4.69, 9.17) is 4.74 Å². The number of hydrogen-bond donors (Lipinski definition) is 1. The second-order valence-electron chi connectivity index (χ2n) is 6.55. The summed E-state index contributed by atoms with van der Waals surface area (Å²) >= 11 is 0. The molecule has 1 unspecified atom stereocenters. The number of ether oxygens (including phenoxy) is 1. The van der Waals surface area contributed by atoms with Gasteiger partial charge in [0.1, 0.15) is 11.6 Å². The molecular formula is C17H25FN2O. The first-order chi connectivity index (χ1) is 10.1. The third kappa shape index (κ3) is 2.92. The summed E-state index contributed by atoms with van der Waals surface area (Å²) < 4.78 is 19.3. The van der Waals surface area contributed by atoms with Crippen LogP contribution < -0.4 is 10.1 Å². The fourth-order valence-corrected chi connectivity index (χ4v) is 3.81. The standard InChI is InChI=1S/C17H25FN2O/c1-13-10-20(17(12-19-13)7-3-4-8-17)11-14-5-6-15(21-2)9-16(14)18/h5-6,9,13,19H,3-4,7-8,10-12H2,1-2H3. The van der Waals surface area contributed by atoms with E-state index >= 15 is 0 Å². The highest BCUT2D eigenvalue weighted by molar-refractivity contribution is 5.29. The van der Waals surface area contributed by atoms with Gasteiger partial charge in [-0.15, -0.1) is 0 Å². The van der Waals surface area contributed by atoms with Crippen molar-refractivity contribution in [2.24, 2.45) is 0 Å². The number of rotatable bonds is 3. The molecule has 1 heterocycles. The minimum atomic E-state index is -0.159. The van der Waals surface area contributed by atoms with Crippen LogP contribution in [0, 0.1) is 5.82 Å². The number of methoxy groups -OCH3 is 1. The van der Waals surface area contributed by atoms with Gasteiger partial charge in [-0.25, -0.2) is 4.39 Å². The quantitative estimate of drug-likeness (QED) is 0.927. The van der Waals surface area contributed by atoms with E-state index in [0.717, 1.165) is 18.7 Å². The van der Waals surface area contributed by atoms with Gasteiger partial charge >= 0.3 is 0 Å². The van der Waals surface area contributed by atoms with Crippen molar-refractivity contribution < 1.29 is 9.13 Å². The first-order valence-corrected chi connectivity index (χ1v) is 7.94. The molecule has 1 saturated heterocycles. The molecule has 1 aliphatic heterocycles. The molecule has 1 N–H and O–H groups in total. The van der Waals surface area contributed by atoms with Crippen molar-refractivity contribution in [3.05, 3.63) is 29.6 Å². The second-order valence-corrected chi connectivity index (χ2v) is 6.55. The van der Waals surface area contributed by atoms with E-state index in [1.807, 2.05) is 12.1 Å². The lowest BCUT2D eigenvalue weighted by Gasteiger charge is -2.48. The predicted molar refractivity (Wildman–Crippen MR) is 82.0 cm³/mol. The lowest BCUT2D eigenvalue weighted by atomic mass is 9.90. The Labute approximate surface area is 126 Å². The van der Waals surface area contributed by atoms with Crippen LogP contribution in [0.15, 0.2) is 18.2 Å². The Balaban J connectivity index is 1.80. The van der Waals surface area contributed by atoms with Crippen LogP contribution >= 0.6 is 0 Å². The first-order valence-electron chi connectivity index (χ1n) is 7.94. The average molecular weight is 292 g/mol. The Morgan fingerprint density at radius 1 is 1.38 bits per heavy atom. The monoisotopic (exact) mass is 292 g/mol. The summed E-state index contributed by atoms with van der Waals surface area (Å²) in [6, 6.07) is 5.68. The average Bonchev–Trinajstić information content (AvgIpc) is 2.95. The van der Waals surface area contributed by atoms with E-state index in [0.29, 0.717) is 18.3 Å². The van der Waals surface area contributed by atoms with Crippen molar-refractivity contribution in [2.75, 3.05) is 20.2 Å². The van der Waals surface area contributed by atoms with Crippen LogP contribution in [-0.2, 0) is 6.54 Å². The highest BCUT2D eigenvalue weighted by atomic mass is 19.1. The van der Waals surface area contributed by atoms with Gasteiger partial charge in [0.15, 0.2) is 0 Å². The van der Waals surface area contributed by atoms with Gasteiger partial charge in [0.05, 0.1) is 7.11 Å². The Bertz CT molecular complexity index is 500. The highest BCUT2D eigenvalue weighted by Gasteiger charge is 2.42. The Hall–Kier alpha value is -1.13. The third-order valence-corrected chi connectivity index (χ3v) is 5.10. The van der Waals surface area contributed by atoms with Crippen LogP contribution in [-0.4, -0.2) is 36.7 Å². The maximum atomic E-state index is 14.2. The number of nitrogens with zero attached hydrogens (tertiary/aromatic N) is 1. The van der Waals surface area contributed by atoms with Crippen molar-refractivity contribution >= 4 is 0 Å². The molecular weight excluding hydrogens is 267 g/mol. The van der Waals surface area contributed by atoms with Gasteiger partial charge in [-0.1, -0.05) is 18.9 Å². The maximum Gasteiger partial charge on any atom is 0.131 e. The van der Waals surface area contributed by atoms with E-state index in [1.54, 1.807) is 7.11 Å². The lowest BCUT2D eigenvalue weighted by Crippen LogP contribution is -2.62. The van der Waals surface area contributed by atoms with Crippen molar-refractivity contribution in [1.29, 1.82) is 0 Å². The minimum absolute atomic E-state index is 0.159. The molecule has 0 radical (unpaired) electrons. The molecule has 116 valence electrons. The molecule has 4 heteroatoms. The topological polar surface area (TPSA) is 24.5 Å². The van der Waals surface area contributed by atoms with Gasteiger partial charge < -0.3 is 10.1 Å². The third-order valence-electron chi connectivity index (χ3n) is 5.10. The van der Waals surface area contributed by atoms with Gasteiger partial charge in [0.2, 0.25) is 0 Å². The smallest absolute Gasteiger partial charge is 0.131 e. The Morgan fingerprint density at radius 3 is 2.81 bits per heavy atom. The molecule has 1 atom stereocenters. The second kappa shape index (κ2) is 5.93. The number of halogens is 1. The van der Waals surface area contributed by atoms with E-state index in [2.05, 4.69) is 17.1 Å². The fraction of sp³-hybridized carbons (Fsp3) is 0.647. The van der Waals surface area contributed by atoms with E-state index < -0.39 is 0 Å². The van der Waals surface area contributed by atoms with Crippen LogP contribution in [0.2, 0.25) is 0 Å². The maximum absolute atomic E-state index is 14.2. The Morgan fingerprint density at radius 2 is 2.14 bits per heavy atom. The molecule has 3 rings (SSSR count). The zero-order chi connectivity index (χ0) is 14.9. The molecule has 1 aliphatic carbocycles. The summed E-state index contributed by atoms with van der Waals surface area (Å²) in [6.07, 6.45) is 5.03. The zero-order valence-corrected chi connectivity index (χ0v) is 13.0. The van der Waals surface area contributed by atoms with Gasteiger partial charge in [-0.05, 0) is 25.8 Å². The Kier molecular flexibility index (Phi) is 4.18. The molecule has 21 heavy (non-hydrogen) atoms. The highest BCUT2D eigenvalue weighted by Crippen LogP contribution is 2.38. The molecule has 3 nitrogen and oxygen atoms in total. The lowest BCUT2D eigenvalue weighted by molar-refractivity contribution is 0.0384. The zero-order valence-electron chi connectivity index (χ0n) is 13.0. The molecule has 0 bridgehead atoms. The predicted octanol–water partition coefficient (Wildman–Crippen LogP) is 2.94. The van der Waals surface area contributed by atoms with E-state index in [1.165, 1.54) is 31.7 Å². The molecule has 1 spiro atoms. The fourth-order valence-electron chi connectivity index (χ4n) is 3.81. The van der Waals surface area contributed by atoms with Crippen LogP contribution in [0.25, 0.3) is 0 Å². The number of nitrogens with one attached hydrogen (secondary N) is 1. The van der Waals surface area contributed by atoms with Crippen molar-refractivity contribution in [1.82, 2.24) is 10.2 Å². The number of benzene rings is 1. The molecule has 0 amide bonds. The van der Waals surface area contributed by atoms with Crippen molar-refractivity contribution in [3.8, 4) is 5.75 Å². The summed E-state index contributed by atoms with van der Waals surface area (Å²) in [4.78, 5) is 2.51. The first kappa shape index (κ1) is 14.8. The van der Waals surface area contributed by atoms with Crippen LogP contribution in [0.5, 0.6) is 5.75 Å². The van der Waals surface area contributed by atoms with Crippen molar-refractivity contribution in [3.63, 3.8) is 0 Å². The van der Waals surface area contributed by atoms with Gasteiger partial charge in [0.25, 0.3) is 0 Å². The summed E-state index contributed by atoms with van der Waals surface area (Å²) in [5, 5.41) is 3.61. The molecule has 1 aromatic carbocycles. The van der Waals surface area contributed by atoms with Crippen LogP contribution in [0.3, 0.4) is 0 Å². The minimum Gasteiger partial charge on any atom is -0.497 e. The summed E-state index contributed by atoms with van der Waals surface area (Å²) in [5.41, 5.74) is 1.01. The largest absolute Gasteiger partial charge is 0.497 e. The van der Waals surface area contributed by atoms with Gasteiger partial charge in [-0.2, -0.15) is 0 Å². The van der Waals surface area contributed by atoms with Crippen LogP contribution in [0.1, 0.15) is 38.2 Å². The normalized spacial score (nSPS) is 25.4. The van der Waals surface area contributed by atoms with Gasteiger partial charge in [0, 0.05) is 42.8 Å². The molecule has 2 fully saturated rings. The molecule has 0 aromatic heterocycles. The van der Waals surface area contributed by atoms with E-state index in [-0.39, 0.29) is 11.4 Å². The van der Waals surface area contributed by atoms with Crippen LogP contribution in [0.4, 0.5) is 4.39 Å². The van der Waals surface area contributed by atoms with E-state index in [9.17, 15) is 4.39 Å². The van der Waals surface area contributed by atoms with Gasteiger partial charge in [-0.3, -0.25) is 4.90 Å². The molecule has 1 saturated carbocycles. The summed E-state index contributed by atoms with van der Waals surface area (Å²) in [7, 11) is 1.57.